The van der Waals surface area contributed by atoms with Gasteiger partial charge >= 0.3 is 17.9 Å². The number of rotatable bonds is 13. The average molecular weight is 804 g/mol. The number of carbonyl (C=O) groups excluding carboxylic acids is 11. The van der Waals surface area contributed by atoms with Gasteiger partial charge in [0.25, 0.3) is 0 Å². The zero-order chi connectivity index (χ0) is 42.4. The number of carbonyl (C=O) groups is 11. The van der Waals surface area contributed by atoms with Crippen molar-refractivity contribution >= 4 is 64.8 Å². The summed E-state index contributed by atoms with van der Waals surface area (Å²) in [6, 6.07) is 0. The quantitative estimate of drug-likeness (QED) is 0.0519. The largest absolute Gasteiger partial charge is 0.466 e. The number of hydrogen-bond acceptors (Lipinski definition) is 17. The molecule has 0 aliphatic heterocycles. The van der Waals surface area contributed by atoms with Gasteiger partial charge in [-0.15, -0.1) is 0 Å². The van der Waals surface area contributed by atoms with Gasteiger partial charge in [0.1, 0.15) is 30.2 Å². The third-order valence-corrected chi connectivity index (χ3v) is 4.73. The standard InChI is InChI=1S/C10H16N2O4.C7H13NO2.C6H10O3.C4H6O4.C3H6O3.C2H6O.3CH4/c1-7(13)11(8(2)14)5-6-12(9(3)15)10(4)16;1-6(9)4-3-5-8-7(2)10;1-3-9-6(8)4-5(2)7;1-3(5)2-4(6)8-7;1-2-3(4)6-5;1-2-3;;;/h5-6H2,1-4H3;3-5H2,1-2H3,(H,8,10);3-4H2,1-2H3;7H,2H2,1H3;5H,2H2,1H3;3H,2H2,1H3;3*1H4. The predicted octanol–water partition coefficient (Wildman–Crippen LogP) is 3.10. The first-order chi connectivity index (χ1) is 23.9. The van der Waals surface area contributed by atoms with Gasteiger partial charge in [0.2, 0.25) is 29.5 Å². The van der Waals surface area contributed by atoms with Crippen LogP contribution in [0.3, 0.4) is 0 Å². The van der Waals surface area contributed by atoms with E-state index in [9.17, 15) is 52.7 Å². The zero-order valence-electron chi connectivity index (χ0n) is 32.0. The summed E-state index contributed by atoms with van der Waals surface area (Å²) in [4.78, 5) is 124. The molecule has 0 unspecified atom stereocenters. The Balaban J connectivity index is -0.0000000689. The van der Waals surface area contributed by atoms with Crippen LogP contribution in [0.4, 0.5) is 0 Å². The number of ketones is 3. The van der Waals surface area contributed by atoms with Crippen LogP contribution in [0.2, 0.25) is 0 Å². The fourth-order valence-corrected chi connectivity index (χ4v) is 2.59. The Morgan fingerprint density at radius 2 is 0.873 bits per heavy atom. The fourth-order valence-electron chi connectivity index (χ4n) is 2.59. The van der Waals surface area contributed by atoms with E-state index in [4.69, 9.17) is 15.6 Å². The number of amides is 5. The van der Waals surface area contributed by atoms with Gasteiger partial charge in [0.05, 0.1) is 6.61 Å². The van der Waals surface area contributed by atoms with E-state index in [0.29, 0.717) is 19.6 Å². The number of nitrogens with zero attached hydrogens (tertiary/aromatic N) is 2. The average Bonchev–Trinajstić information content (AvgIpc) is 3.01. The van der Waals surface area contributed by atoms with E-state index in [1.54, 1.807) is 27.7 Å². The highest BCUT2D eigenvalue weighted by Gasteiger charge is 2.18. The Kier molecular flexibility index (Phi) is 63.7. The molecule has 0 heterocycles. The smallest absolute Gasteiger partial charge is 0.349 e. The minimum absolute atomic E-state index is 0. The first-order valence-corrected chi connectivity index (χ1v) is 15.7. The monoisotopic (exact) mass is 803 g/mol. The summed E-state index contributed by atoms with van der Waals surface area (Å²) < 4.78 is 4.49. The summed E-state index contributed by atoms with van der Waals surface area (Å²) >= 11 is 0. The molecule has 0 aliphatic rings. The van der Waals surface area contributed by atoms with Crippen LogP contribution >= 0.6 is 0 Å². The lowest BCUT2D eigenvalue weighted by Crippen LogP contribution is -2.43. The van der Waals surface area contributed by atoms with E-state index in [1.165, 1.54) is 48.5 Å². The highest BCUT2D eigenvalue weighted by Crippen LogP contribution is 1.96. The molecule has 0 rings (SSSR count). The van der Waals surface area contributed by atoms with Gasteiger partial charge in [0.15, 0.2) is 0 Å². The maximum Gasteiger partial charge on any atom is 0.349 e. The molecule has 4 N–H and O–H groups in total. The van der Waals surface area contributed by atoms with Gasteiger partial charge in [-0.05, 0) is 41.0 Å². The number of ether oxygens (including phenoxy) is 1. The van der Waals surface area contributed by atoms with Crippen LogP contribution in [0.15, 0.2) is 0 Å². The molecule has 0 aliphatic carbocycles. The first-order valence-electron chi connectivity index (χ1n) is 15.7. The molecule has 55 heavy (non-hydrogen) atoms. The molecule has 0 aromatic carbocycles. The molecule has 20 heteroatoms. The number of esters is 1. The van der Waals surface area contributed by atoms with Crippen LogP contribution in [0, 0.1) is 0 Å². The molecule has 0 spiro atoms. The van der Waals surface area contributed by atoms with E-state index >= 15 is 0 Å². The second-order valence-electron chi connectivity index (χ2n) is 9.83. The fraction of sp³-hybridized carbons (Fsp3) is 0.686. The molecule has 5 amide bonds. The molecule has 0 aromatic heterocycles. The number of aliphatic hydroxyl groups excluding tert-OH is 1. The summed E-state index contributed by atoms with van der Waals surface area (Å²) in [5.41, 5.74) is 0. The topological polar surface area (TPSA) is 295 Å². The Bertz CT molecular complexity index is 1040. The lowest BCUT2D eigenvalue weighted by molar-refractivity contribution is -0.234. The van der Waals surface area contributed by atoms with Gasteiger partial charge in [-0.2, -0.15) is 10.5 Å². The lowest BCUT2D eigenvalue weighted by Gasteiger charge is -2.22. The van der Waals surface area contributed by atoms with Crippen LogP contribution in [0.25, 0.3) is 0 Å². The van der Waals surface area contributed by atoms with Crippen molar-refractivity contribution in [1.29, 1.82) is 0 Å². The summed E-state index contributed by atoms with van der Waals surface area (Å²) in [6.07, 6.45) is 1.05. The van der Waals surface area contributed by atoms with Crippen molar-refractivity contribution in [2.45, 2.75) is 131 Å². The molecule has 0 fully saturated rings. The van der Waals surface area contributed by atoms with E-state index in [2.05, 4.69) is 19.8 Å². The van der Waals surface area contributed by atoms with E-state index in [1.807, 2.05) is 0 Å². The van der Waals surface area contributed by atoms with Crippen LogP contribution < -0.4 is 5.32 Å². The highest BCUT2D eigenvalue weighted by atomic mass is 17.1. The van der Waals surface area contributed by atoms with Crippen molar-refractivity contribution in [3.05, 3.63) is 0 Å². The van der Waals surface area contributed by atoms with Crippen molar-refractivity contribution in [1.82, 2.24) is 15.1 Å². The zero-order valence-corrected chi connectivity index (χ0v) is 32.0. The third-order valence-electron chi connectivity index (χ3n) is 4.73. The normalized spacial score (nSPS) is 8.18. The van der Waals surface area contributed by atoms with Gasteiger partial charge in [-0.1, -0.05) is 29.2 Å². The summed E-state index contributed by atoms with van der Waals surface area (Å²) in [6.45, 7) is 16.9. The van der Waals surface area contributed by atoms with Crippen LogP contribution in [0.5, 0.6) is 0 Å². The van der Waals surface area contributed by atoms with E-state index < -0.39 is 41.5 Å². The van der Waals surface area contributed by atoms with Crippen LogP contribution in [0.1, 0.15) is 131 Å². The maximum absolute atomic E-state index is 11.1. The Morgan fingerprint density at radius 3 is 1.05 bits per heavy atom. The van der Waals surface area contributed by atoms with Crippen molar-refractivity contribution in [3.63, 3.8) is 0 Å². The summed E-state index contributed by atoms with van der Waals surface area (Å²) in [5, 5.41) is 25.2. The van der Waals surface area contributed by atoms with Crippen molar-refractivity contribution in [3.8, 4) is 0 Å². The van der Waals surface area contributed by atoms with Gasteiger partial charge in [-0.25, -0.2) is 9.59 Å². The molecule has 0 saturated heterocycles. The lowest BCUT2D eigenvalue weighted by atomic mass is 10.2. The molecule has 20 nitrogen and oxygen atoms in total. The molecular weight excluding hydrogens is 734 g/mol. The summed E-state index contributed by atoms with van der Waals surface area (Å²) in [5.74, 6) is -3.93. The second kappa shape index (κ2) is 49.0. The minimum Gasteiger partial charge on any atom is -0.466 e. The minimum atomic E-state index is -0.919. The van der Waals surface area contributed by atoms with Crippen LogP contribution in [-0.4, -0.2) is 123 Å². The molecule has 0 radical (unpaired) electrons. The predicted molar refractivity (Wildman–Crippen MR) is 203 cm³/mol. The Labute approximate surface area is 326 Å². The van der Waals surface area contributed by atoms with Gasteiger partial charge < -0.3 is 29.7 Å². The van der Waals surface area contributed by atoms with Crippen molar-refractivity contribution in [2.75, 3.05) is 32.8 Å². The summed E-state index contributed by atoms with van der Waals surface area (Å²) in [7, 11) is 0. The first kappa shape index (κ1) is 71.5. The molecule has 0 bridgehead atoms. The van der Waals surface area contributed by atoms with E-state index in [-0.39, 0.29) is 84.5 Å². The number of nitrogens with one attached hydrogen (secondary N) is 1. The number of imide groups is 2. The SMILES string of the molecule is C.C.C.CC(=O)CC(=O)OO.CC(=O)CCCNC(C)=O.CC(=O)N(CCN(C(C)=O)C(C)=O)C(C)=O.CCC(=O)OO.CCO.CCOC(=O)CC(C)=O. The Hall–Kier alpha value is -4.95. The van der Waals surface area contributed by atoms with Crippen molar-refractivity contribution < 1.29 is 82.9 Å². The number of Topliss-reactive ketones (excluding diaryl/α,β-unsaturated/α-hetero) is 3. The number of hydrogen-bond donors (Lipinski definition) is 4. The van der Waals surface area contributed by atoms with Crippen molar-refractivity contribution in [2.24, 2.45) is 0 Å². The second-order valence-corrected chi connectivity index (χ2v) is 9.83. The Morgan fingerprint density at radius 1 is 0.545 bits per heavy atom. The molecule has 0 atom stereocenters. The third kappa shape index (κ3) is 67.7. The van der Waals surface area contributed by atoms with E-state index in [0.717, 1.165) is 16.2 Å². The number of aliphatic hydroxyl groups is 1. The van der Waals surface area contributed by atoms with Crippen LogP contribution in [-0.2, 0) is 67.3 Å². The molecule has 0 aromatic rings. The molecule has 326 valence electrons. The van der Waals surface area contributed by atoms with Gasteiger partial charge in [-0.3, -0.25) is 48.2 Å². The highest BCUT2D eigenvalue weighted by molar-refractivity contribution is 5.95. The molecular formula is C35H69N3O17. The van der Waals surface area contributed by atoms with Gasteiger partial charge in [0, 0.05) is 73.7 Å². The molecule has 0 saturated carbocycles. The maximum atomic E-state index is 11.1.